The van der Waals surface area contributed by atoms with E-state index in [4.69, 9.17) is 34.8 Å². The summed E-state index contributed by atoms with van der Waals surface area (Å²) < 4.78 is 1.83. The van der Waals surface area contributed by atoms with Crippen LogP contribution in [-0.2, 0) is 0 Å². The average Bonchev–Trinajstić information content (AvgIpc) is 2.86. The van der Waals surface area contributed by atoms with E-state index in [0.717, 1.165) is 22.6 Å². The molecule has 0 spiro atoms. The van der Waals surface area contributed by atoms with E-state index in [2.05, 4.69) is 15.3 Å². The molecule has 7 heteroatoms. The number of hydrogen-bond acceptors (Lipinski definition) is 3. The van der Waals surface area contributed by atoms with Gasteiger partial charge in [-0.05, 0) is 56.7 Å². The van der Waals surface area contributed by atoms with E-state index in [0.29, 0.717) is 26.4 Å². The second kappa shape index (κ2) is 7.16. The summed E-state index contributed by atoms with van der Waals surface area (Å²) in [5.41, 5.74) is 4.88. The molecular weight excluding hydrogens is 379 g/mol. The molecule has 0 radical (unpaired) electrons. The van der Waals surface area contributed by atoms with Gasteiger partial charge in [0.05, 0.1) is 32.8 Å². The van der Waals surface area contributed by atoms with Gasteiger partial charge in [0, 0.05) is 5.02 Å². The number of aromatic nitrogens is 2. The van der Waals surface area contributed by atoms with Gasteiger partial charge in [-0.25, -0.2) is 4.68 Å². The molecule has 0 aliphatic rings. The maximum absolute atomic E-state index is 6.23. The Morgan fingerprint density at radius 1 is 0.880 bits per heavy atom. The first-order valence-electron chi connectivity index (χ1n) is 7.57. The lowest BCUT2D eigenvalue weighted by atomic mass is 10.2. The molecule has 0 fully saturated rings. The van der Waals surface area contributed by atoms with E-state index in [1.807, 2.05) is 43.7 Å². The van der Waals surface area contributed by atoms with Crippen LogP contribution in [0, 0.1) is 20.8 Å². The molecular formula is C18H15Cl3N4. The summed E-state index contributed by atoms with van der Waals surface area (Å²) in [7, 11) is 0. The Kier molecular flexibility index (Phi) is 5.13. The summed E-state index contributed by atoms with van der Waals surface area (Å²) in [5, 5.41) is 14.8. The lowest BCUT2D eigenvalue weighted by molar-refractivity contribution is 0.827. The predicted molar refractivity (Wildman–Crippen MR) is 103 cm³/mol. The highest BCUT2D eigenvalue weighted by Crippen LogP contribution is 2.31. The van der Waals surface area contributed by atoms with Crippen molar-refractivity contribution in [3.63, 3.8) is 0 Å². The zero-order valence-corrected chi connectivity index (χ0v) is 16.2. The summed E-state index contributed by atoms with van der Waals surface area (Å²) in [6.07, 6.45) is 0. The van der Waals surface area contributed by atoms with E-state index in [9.17, 15) is 0 Å². The highest BCUT2D eigenvalue weighted by Gasteiger charge is 2.15. The standard InChI is InChI=1S/C18H15Cl3N4/c1-10-14(19)5-4-6-17(10)25-12(3)18(11(2)24-25)23-22-13-7-8-15(20)16(21)9-13/h4-9H,1-3H3. The molecule has 1 aromatic heterocycles. The maximum atomic E-state index is 6.23. The molecule has 3 rings (SSSR count). The minimum absolute atomic E-state index is 0.441. The van der Waals surface area contributed by atoms with Gasteiger partial charge in [0.25, 0.3) is 0 Å². The van der Waals surface area contributed by atoms with Gasteiger partial charge in [-0.15, -0.1) is 5.11 Å². The number of aryl methyl sites for hydroxylation is 1. The van der Waals surface area contributed by atoms with Crippen LogP contribution in [0.2, 0.25) is 15.1 Å². The van der Waals surface area contributed by atoms with E-state index in [1.165, 1.54) is 0 Å². The third kappa shape index (κ3) is 3.56. The molecule has 3 aromatic rings. The number of rotatable bonds is 3. The fourth-order valence-corrected chi connectivity index (χ4v) is 2.96. The van der Waals surface area contributed by atoms with Crippen LogP contribution in [0.25, 0.3) is 5.69 Å². The van der Waals surface area contributed by atoms with Gasteiger partial charge in [0.2, 0.25) is 0 Å². The van der Waals surface area contributed by atoms with Crippen molar-refractivity contribution in [2.45, 2.75) is 20.8 Å². The monoisotopic (exact) mass is 392 g/mol. The van der Waals surface area contributed by atoms with Crippen LogP contribution >= 0.6 is 34.8 Å². The molecule has 0 N–H and O–H groups in total. The van der Waals surface area contributed by atoms with Gasteiger partial charge < -0.3 is 0 Å². The van der Waals surface area contributed by atoms with Gasteiger partial charge in [-0.1, -0.05) is 40.9 Å². The molecule has 0 aliphatic carbocycles. The first-order chi connectivity index (χ1) is 11.9. The molecule has 25 heavy (non-hydrogen) atoms. The molecule has 0 saturated carbocycles. The summed E-state index contributed by atoms with van der Waals surface area (Å²) in [5.74, 6) is 0. The quantitative estimate of drug-likeness (QED) is 0.435. The predicted octanol–water partition coefficient (Wildman–Crippen LogP) is 7.17. The van der Waals surface area contributed by atoms with Crippen LogP contribution in [0.5, 0.6) is 0 Å². The minimum Gasteiger partial charge on any atom is -0.235 e. The average molecular weight is 394 g/mol. The van der Waals surface area contributed by atoms with E-state index >= 15 is 0 Å². The van der Waals surface area contributed by atoms with Gasteiger partial charge >= 0.3 is 0 Å². The largest absolute Gasteiger partial charge is 0.235 e. The van der Waals surface area contributed by atoms with Crippen molar-refractivity contribution >= 4 is 46.2 Å². The van der Waals surface area contributed by atoms with Crippen LogP contribution in [0.3, 0.4) is 0 Å². The van der Waals surface area contributed by atoms with Crippen LogP contribution in [0.1, 0.15) is 17.0 Å². The number of halogens is 3. The topological polar surface area (TPSA) is 42.5 Å². The van der Waals surface area contributed by atoms with Crippen LogP contribution in [-0.4, -0.2) is 9.78 Å². The second-order valence-corrected chi connectivity index (χ2v) is 6.84. The van der Waals surface area contributed by atoms with Gasteiger partial charge in [-0.2, -0.15) is 10.2 Å². The van der Waals surface area contributed by atoms with Crippen molar-refractivity contribution in [1.82, 2.24) is 9.78 Å². The molecule has 0 bridgehead atoms. The minimum atomic E-state index is 0.441. The number of benzene rings is 2. The van der Waals surface area contributed by atoms with Crippen LogP contribution in [0.15, 0.2) is 46.6 Å². The first-order valence-corrected chi connectivity index (χ1v) is 8.70. The zero-order chi connectivity index (χ0) is 18.1. The highest BCUT2D eigenvalue weighted by molar-refractivity contribution is 6.42. The molecule has 0 saturated heterocycles. The summed E-state index contributed by atoms with van der Waals surface area (Å²) in [4.78, 5) is 0. The normalized spacial score (nSPS) is 11.4. The molecule has 1 heterocycles. The Hall–Kier alpha value is -1.88. The summed E-state index contributed by atoms with van der Waals surface area (Å²) in [6, 6.07) is 10.9. The van der Waals surface area contributed by atoms with Crippen molar-refractivity contribution in [3.05, 3.63) is 68.4 Å². The lowest BCUT2D eigenvalue weighted by Crippen LogP contribution is -2.01. The SMILES string of the molecule is Cc1nn(-c2cccc(Cl)c2C)c(C)c1N=Nc1ccc(Cl)c(Cl)c1. The third-order valence-electron chi connectivity index (χ3n) is 3.89. The third-order valence-corrected chi connectivity index (χ3v) is 5.04. The highest BCUT2D eigenvalue weighted by atomic mass is 35.5. The lowest BCUT2D eigenvalue weighted by Gasteiger charge is -2.09. The Morgan fingerprint density at radius 3 is 2.36 bits per heavy atom. The van der Waals surface area contributed by atoms with Gasteiger partial charge in [0.1, 0.15) is 5.69 Å². The van der Waals surface area contributed by atoms with E-state index in [1.54, 1.807) is 18.2 Å². The van der Waals surface area contributed by atoms with Crippen LogP contribution in [0.4, 0.5) is 11.4 Å². The molecule has 128 valence electrons. The molecule has 0 aliphatic heterocycles. The smallest absolute Gasteiger partial charge is 0.130 e. The van der Waals surface area contributed by atoms with E-state index in [-0.39, 0.29) is 0 Å². The van der Waals surface area contributed by atoms with Crippen molar-refractivity contribution in [2.24, 2.45) is 10.2 Å². The molecule has 0 amide bonds. The van der Waals surface area contributed by atoms with Gasteiger partial charge in [0.15, 0.2) is 0 Å². The Labute approximate surface area is 161 Å². The summed E-state index contributed by atoms with van der Waals surface area (Å²) >= 11 is 18.2. The maximum Gasteiger partial charge on any atom is 0.130 e. The zero-order valence-electron chi connectivity index (χ0n) is 13.9. The van der Waals surface area contributed by atoms with Gasteiger partial charge in [-0.3, -0.25) is 0 Å². The Morgan fingerprint density at radius 2 is 1.64 bits per heavy atom. The van der Waals surface area contributed by atoms with Crippen molar-refractivity contribution in [2.75, 3.05) is 0 Å². The first kappa shape index (κ1) is 17.9. The fraction of sp³-hybridized carbons (Fsp3) is 0.167. The van der Waals surface area contributed by atoms with Crippen molar-refractivity contribution in [3.8, 4) is 5.69 Å². The van der Waals surface area contributed by atoms with Crippen molar-refractivity contribution in [1.29, 1.82) is 0 Å². The number of nitrogens with zero attached hydrogens (tertiary/aromatic N) is 4. The van der Waals surface area contributed by atoms with E-state index < -0.39 is 0 Å². The number of hydrogen-bond donors (Lipinski definition) is 0. The molecule has 4 nitrogen and oxygen atoms in total. The van der Waals surface area contributed by atoms with Crippen LogP contribution < -0.4 is 0 Å². The molecule has 0 unspecified atom stereocenters. The van der Waals surface area contributed by atoms with Crippen molar-refractivity contribution < 1.29 is 0 Å². The molecule has 2 aromatic carbocycles. The fourth-order valence-electron chi connectivity index (χ4n) is 2.49. The Balaban J connectivity index is 2.01. The summed E-state index contributed by atoms with van der Waals surface area (Å²) in [6.45, 7) is 5.81. The molecule has 0 atom stereocenters. The number of azo groups is 1. The second-order valence-electron chi connectivity index (χ2n) is 5.61. The Bertz CT molecular complexity index is 977.